The first-order valence-electron chi connectivity index (χ1n) is 5.52. The minimum absolute atomic E-state index is 0. The van der Waals surface area contributed by atoms with E-state index in [1.54, 1.807) is 12.1 Å². The maximum atomic E-state index is 13.4. The van der Waals surface area contributed by atoms with E-state index in [0.717, 1.165) is 29.3 Å². The number of nitrogens with two attached hydrogens (primary N) is 1. The van der Waals surface area contributed by atoms with Crippen LogP contribution in [0.5, 0.6) is 11.5 Å². The van der Waals surface area contributed by atoms with Crippen molar-refractivity contribution in [2.24, 2.45) is 5.73 Å². The van der Waals surface area contributed by atoms with Crippen molar-refractivity contribution < 1.29 is 13.5 Å². The maximum absolute atomic E-state index is 13.4. The van der Waals surface area contributed by atoms with Gasteiger partial charge in [0.05, 0.1) is 0 Å². The molecular weight excluding hydrogens is 272 g/mol. The zero-order valence-electron chi connectivity index (χ0n) is 10.3. The second-order valence-electron chi connectivity index (χ2n) is 3.97. The summed E-state index contributed by atoms with van der Waals surface area (Å²) in [5, 5.41) is 0. The fraction of sp³-hybridized carbons (Fsp3) is 0.143. The molecule has 2 aromatic rings. The highest BCUT2D eigenvalue weighted by molar-refractivity contribution is 5.85. The minimum atomic E-state index is -0.600. The lowest BCUT2D eigenvalue weighted by Crippen LogP contribution is -1.99. The molecule has 2 N–H and O–H groups in total. The third-order valence-corrected chi connectivity index (χ3v) is 2.66. The summed E-state index contributed by atoms with van der Waals surface area (Å²) in [6.07, 6.45) is 0. The van der Waals surface area contributed by atoms with Gasteiger partial charge in [-0.2, -0.15) is 0 Å². The second-order valence-corrected chi connectivity index (χ2v) is 3.97. The van der Waals surface area contributed by atoms with Gasteiger partial charge in [-0.05, 0) is 42.3 Å². The van der Waals surface area contributed by atoms with Crippen molar-refractivity contribution in [3.8, 4) is 11.5 Å². The fourth-order valence-electron chi connectivity index (χ4n) is 1.64. The van der Waals surface area contributed by atoms with Gasteiger partial charge in [-0.3, -0.25) is 0 Å². The van der Waals surface area contributed by atoms with E-state index in [0.29, 0.717) is 12.3 Å². The molecule has 19 heavy (non-hydrogen) atoms. The van der Waals surface area contributed by atoms with Crippen molar-refractivity contribution >= 4 is 12.4 Å². The first kappa shape index (κ1) is 15.4. The van der Waals surface area contributed by atoms with Gasteiger partial charge < -0.3 is 10.5 Å². The van der Waals surface area contributed by atoms with Gasteiger partial charge in [0.1, 0.15) is 11.6 Å². The maximum Gasteiger partial charge on any atom is 0.165 e. The van der Waals surface area contributed by atoms with Crippen LogP contribution in [-0.2, 0) is 6.54 Å². The first-order chi connectivity index (χ1) is 8.60. The Labute approximate surface area is 116 Å². The van der Waals surface area contributed by atoms with Gasteiger partial charge in [-0.1, -0.05) is 6.07 Å². The molecule has 0 unspecified atom stereocenters. The molecule has 0 heterocycles. The first-order valence-corrected chi connectivity index (χ1v) is 5.52. The number of hydrogen-bond acceptors (Lipinski definition) is 2. The van der Waals surface area contributed by atoms with Gasteiger partial charge in [-0.15, -0.1) is 12.4 Å². The van der Waals surface area contributed by atoms with E-state index in [-0.39, 0.29) is 18.2 Å². The van der Waals surface area contributed by atoms with Crippen molar-refractivity contribution in [3.63, 3.8) is 0 Å². The van der Waals surface area contributed by atoms with Gasteiger partial charge in [0.15, 0.2) is 11.6 Å². The van der Waals surface area contributed by atoms with E-state index >= 15 is 0 Å². The number of aryl methyl sites for hydroxylation is 1. The van der Waals surface area contributed by atoms with Crippen LogP contribution in [0, 0.1) is 18.6 Å². The van der Waals surface area contributed by atoms with Crippen LogP contribution in [0.2, 0.25) is 0 Å². The summed E-state index contributed by atoms with van der Waals surface area (Å²) in [6, 6.07) is 8.33. The second kappa shape index (κ2) is 6.50. The Kier molecular flexibility index (Phi) is 5.27. The summed E-state index contributed by atoms with van der Waals surface area (Å²) in [6.45, 7) is 2.32. The number of benzene rings is 2. The molecule has 5 heteroatoms. The van der Waals surface area contributed by atoms with E-state index in [9.17, 15) is 8.78 Å². The molecule has 0 radical (unpaired) electrons. The highest BCUT2D eigenvalue weighted by Crippen LogP contribution is 2.26. The van der Waals surface area contributed by atoms with Gasteiger partial charge in [-0.25, -0.2) is 8.78 Å². The van der Waals surface area contributed by atoms with Crippen LogP contribution in [0.3, 0.4) is 0 Å². The molecule has 2 rings (SSSR count). The van der Waals surface area contributed by atoms with Crippen molar-refractivity contribution in [2.75, 3.05) is 0 Å². The lowest BCUT2D eigenvalue weighted by molar-refractivity contribution is 0.436. The van der Waals surface area contributed by atoms with Gasteiger partial charge >= 0.3 is 0 Å². The molecule has 0 aromatic heterocycles. The van der Waals surface area contributed by atoms with Gasteiger partial charge in [0.25, 0.3) is 0 Å². The summed E-state index contributed by atoms with van der Waals surface area (Å²) in [5.41, 5.74) is 7.49. The van der Waals surface area contributed by atoms with Crippen molar-refractivity contribution in [3.05, 3.63) is 59.2 Å². The van der Waals surface area contributed by atoms with Crippen LogP contribution in [0.25, 0.3) is 0 Å². The third-order valence-electron chi connectivity index (χ3n) is 2.66. The molecule has 0 aliphatic rings. The SMILES string of the molecule is Cc1cc(Oc2cc(F)ccc2F)ccc1CN.Cl. The van der Waals surface area contributed by atoms with E-state index in [2.05, 4.69) is 0 Å². The highest BCUT2D eigenvalue weighted by Gasteiger charge is 2.07. The number of rotatable bonds is 3. The molecule has 0 saturated carbocycles. The highest BCUT2D eigenvalue weighted by atomic mass is 35.5. The van der Waals surface area contributed by atoms with Crippen LogP contribution < -0.4 is 10.5 Å². The zero-order valence-corrected chi connectivity index (χ0v) is 11.1. The normalized spacial score (nSPS) is 9.89. The molecule has 2 aromatic carbocycles. The Morgan fingerprint density at radius 3 is 2.47 bits per heavy atom. The molecule has 0 aliphatic heterocycles. The lowest BCUT2D eigenvalue weighted by Gasteiger charge is -2.09. The Bertz CT molecular complexity index is 575. The van der Waals surface area contributed by atoms with Gasteiger partial charge in [0.2, 0.25) is 0 Å². The summed E-state index contributed by atoms with van der Waals surface area (Å²) in [4.78, 5) is 0. The monoisotopic (exact) mass is 285 g/mol. The van der Waals surface area contributed by atoms with Crippen LogP contribution in [-0.4, -0.2) is 0 Å². The van der Waals surface area contributed by atoms with Crippen LogP contribution in [0.15, 0.2) is 36.4 Å². The molecule has 0 bridgehead atoms. The molecule has 0 aliphatic carbocycles. The molecule has 0 spiro atoms. The molecule has 0 amide bonds. The average molecular weight is 286 g/mol. The smallest absolute Gasteiger partial charge is 0.165 e. The minimum Gasteiger partial charge on any atom is -0.454 e. The number of halogens is 3. The van der Waals surface area contributed by atoms with E-state index in [1.165, 1.54) is 0 Å². The standard InChI is InChI=1S/C14H13F2NO.ClH/c1-9-6-12(4-2-10(9)8-17)18-14-7-11(15)3-5-13(14)16;/h2-7H,8,17H2,1H3;1H. The largest absolute Gasteiger partial charge is 0.454 e. The van der Waals surface area contributed by atoms with Gasteiger partial charge in [0, 0.05) is 12.6 Å². The topological polar surface area (TPSA) is 35.2 Å². The molecule has 0 fully saturated rings. The average Bonchev–Trinajstić information content (AvgIpc) is 2.34. The lowest BCUT2D eigenvalue weighted by atomic mass is 10.1. The van der Waals surface area contributed by atoms with Crippen molar-refractivity contribution in [1.82, 2.24) is 0 Å². The van der Waals surface area contributed by atoms with Crippen molar-refractivity contribution in [1.29, 1.82) is 0 Å². The van der Waals surface area contributed by atoms with E-state index in [1.807, 2.05) is 13.0 Å². The Balaban J connectivity index is 0.00000180. The molecular formula is C14H14ClF2NO. The Morgan fingerprint density at radius 2 is 1.84 bits per heavy atom. The Hall–Kier alpha value is -1.65. The molecule has 0 atom stereocenters. The molecule has 2 nitrogen and oxygen atoms in total. The summed E-state index contributed by atoms with van der Waals surface area (Å²) >= 11 is 0. The number of ether oxygens (including phenoxy) is 1. The van der Waals surface area contributed by atoms with E-state index < -0.39 is 11.6 Å². The Morgan fingerprint density at radius 1 is 1.11 bits per heavy atom. The van der Waals surface area contributed by atoms with Crippen LogP contribution in [0.1, 0.15) is 11.1 Å². The quantitative estimate of drug-likeness (QED) is 0.927. The fourth-order valence-corrected chi connectivity index (χ4v) is 1.64. The summed E-state index contributed by atoms with van der Waals surface area (Å²) < 4.78 is 31.7. The van der Waals surface area contributed by atoms with E-state index in [4.69, 9.17) is 10.5 Å². The van der Waals surface area contributed by atoms with Crippen LogP contribution >= 0.6 is 12.4 Å². The zero-order chi connectivity index (χ0) is 13.1. The predicted octanol–water partition coefficient (Wildman–Crippen LogP) is 3.95. The molecule has 0 saturated heterocycles. The van der Waals surface area contributed by atoms with Crippen molar-refractivity contribution in [2.45, 2.75) is 13.5 Å². The summed E-state index contributed by atoms with van der Waals surface area (Å²) in [5.74, 6) is -0.817. The third kappa shape index (κ3) is 3.66. The number of hydrogen-bond donors (Lipinski definition) is 1. The predicted molar refractivity (Wildman–Crippen MR) is 72.8 cm³/mol. The van der Waals surface area contributed by atoms with Crippen LogP contribution in [0.4, 0.5) is 8.78 Å². The summed E-state index contributed by atoms with van der Waals surface area (Å²) in [7, 11) is 0. The molecule has 102 valence electrons.